The van der Waals surface area contributed by atoms with E-state index in [9.17, 15) is 0 Å². The molecule has 0 bridgehead atoms. The predicted octanol–water partition coefficient (Wildman–Crippen LogP) is 2.46. The first kappa shape index (κ1) is 8.46. The smallest absolute Gasteiger partial charge is 0.0895 e. The van der Waals surface area contributed by atoms with Crippen molar-refractivity contribution in [1.29, 1.82) is 0 Å². The third-order valence-corrected chi connectivity index (χ3v) is 3.95. The van der Waals surface area contributed by atoms with Gasteiger partial charge in [-0.3, -0.25) is 0 Å². The van der Waals surface area contributed by atoms with Gasteiger partial charge < -0.3 is 4.90 Å². The van der Waals surface area contributed by atoms with Crippen LogP contribution in [0.4, 0.5) is 0 Å². The zero-order valence-corrected chi connectivity index (χ0v) is 9.07. The Hall–Kier alpha value is 0.360. The zero-order valence-electron chi connectivity index (χ0n) is 6.10. The lowest BCUT2D eigenvalue weighted by atomic mass is 10.4. The molecule has 10 heavy (non-hydrogen) atoms. The van der Waals surface area contributed by atoms with Gasteiger partial charge in [0.15, 0.2) is 0 Å². The summed E-state index contributed by atoms with van der Waals surface area (Å²) >= 11 is 4.18. The van der Waals surface area contributed by atoms with E-state index >= 15 is 0 Å². The standard InChI is InChI=1S/C7H10INS/c1-9-5-3-4-6(10-2)7(9)8/h3-4H,5H2,1-2H3. The zero-order chi connectivity index (χ0) is 7.56. The SMILES string of the molecule is CSC1=C(I)N(C)CC=C1. The lowest BCUT2D eigenvalue weighted by Gasteiger charge is -2.21. The largest absolute Gasteiger partial charge is 0.365 e. The van der Waals surface area contributed by atoms with E-state index in [-0.39, 0.29) is 0 Å². The minimum Gasteiger partial charge on any atom is -0.365 e. The number of rotatable bonds is 1. The van der Waals surface area contributed by atoms with Crippen LogP contribution in [0.15, 0.2) is 20.8 Å². The number of halogens is 1. The summed E-state index contributed by atoms with van der Waals surface area (Å²) in [6.45, 7) is 1.04. The molecule has 0 N–H and O–H groups in total. The Morgan fingerprint density at radius 3 is 2.90 bits per heavy atom. The fourth-order valence-corrected chi connectivity index (χ4v) is 2.40. The summed E-state index contributed by atoms with van der Waals surface area (Å²) in [6, 6.07) is 0. The monoisotopic (exact) mass is 267 g/mol. The molecule has 0 amide bonds. The van der Waals surface area contributed by atoms with E-state index in [1.54, 1.807) is 11.8 Å². The van der Waals surface area contributed by atoms with Gasteiger partial charge in [0.25, 0.3) is 0 Å². The van der Waals surface area contributed by atoms with Crippen molar-refractivity contribution in [2.24, 2.45) is 0 Å². The van der Waals surface area contributed by atoms with E-state index < -0.39 is 0 Å². The van der Waals surface area contributed by atoms with E-state index in [4.69, 9.17) is 0 Å². The Morgan fingerprint density at radius 2 is 2.40 bits per heavy atom. The Labute approximate surface area is 79.7 Å². The van der Waals surface area contributed by atoms with Crippen molar-refractivity contribution in [2.45, 2.75) is 0 Å². The summed E-state index contributed by atoms with van der Waals surface area (Å²) in [5.41, 5.74) is 0. The maximum Gasteiger partial charge on any atom is 0.0895 e. The molecular weight excluding hydrogens is 257 g/mol. The summed E-state index contributed by atoms with van der Waals surface area (Å²) in [5.74, 6) is 0. The predicted molar refractivity (Wildman–Crippen MR) is 56.3 cm³/mol. The quantitative estimate of drug-likeness (QED) is 0.530. The molecule has 1 aliphatic heterocycles. The molecule has 0 aliphatic carbocycles. The Morgan fingerprint density at radius 1 is 1.70 bits per heavy atom. The average molecular weight is 267 g/mol. The summed E-state index contributed by atoms with van der Waals surface area (Å²) in [5, 5.41) is 0. The molecule has 0 spiro atoms. The van der Waals surface area contributed by atoms with Crippen LogP contribution in [-0.4, -0.2) is 24.7 Å². The number of nitrogens with zero attached hydrogens (tertiary/aromatic N) is 1. The van der Waals surface area contributed by atoms with Crippen molar-refractivity contribution in [2.75, 3.05) is 19.8 Å². The first-order chi connectivity index (χ1) is 4.75. The van der Waals surface area contributed by atoms with Crippen LogP contribution in [0.25, 0.3) is 0 Å². The Bertz CT molecular complexity index is 186. The van der Waals surface area contributed by atoms with Gasteiger partial charge in [0, 0.05) is 18.5 Å². The molecular formula is C7H10INS. The molecule has 0 aromatic carbocycles. The molecule has 56 valence electrons. The maximum atomic E-state index is 2.38. The van der Waals surface area contributed by atoms with E-state index in [0.717, 1.165) is 6.54 Å². The third kappa shape index (κ3) is 1.69. The van der Waals surface area contributed by atoms with Gasteiger partial charge in [-0.1, -0.05) is 6.08 Å². The highest BCUT2D eigenvalue weighted by Gasteiger charge is 2.07. The summed E-state index contributed by atoms with van der Waals surface area (Å²) < 4.78 is 1.35. The van der Waals surface area contributed by atoms with Gasteiger partial charge in [-0.15, -0.1) is 11.8 Å². The van der Waals surface area contributed by atoms with Crippen molar-refractivity contribution in [3.63, 3.8) is 0 Å². The van der Waals surface area contributed by atoms with Crippen molar-refractivity contribution in [3.05, 3.63) is 20.8 Å². The number of likely N-dealkylation sites (N-methyl/N-ethyl adjacent to an activating group) is 1. The van der Waals surface area contributed by atoms with Crippen LogP contribution in [0.5, 0.6) is 0 Å². The summed E-state index contributed by atoms with van der Waals surface area (Å²) in [6.07, 6.45) is 6.48. The first-order valence-corrected chi connectivity index (χ1v) is 5.37. The van der Waals surface area contributed by atoms with Crippen LogP contribution in [0, 0.1) is 0 Å². The van der Waals surface area contributed by atoms with Crippen molar-refractivity contribution < 1.29 is 0 Å². The fraction of sp³-hybridized carbons (Fsp3) is 0.429. The molecule has 0 saturated carbocycles. The van der Waals surface area contributed by atoms with Gasteiger partial charge in [-0.25, -0.2) is 0 Å². The fourth-order valence-electron chi connectivity index (χ4n) is 0.807. The molecule has 3 heteroatoms. The lowest BCUT2D eigenvalue weighted by molar-refractivity contribution is 0.498. The second-order valence-electron chi connectivity index (χ2n) is 2.14. The molecule has 1 nitrogen and oxygen atoms in total. The maximum absolute atomic E-state index is 2.38. The van der Waals surface area contributed by atoms with Crippen LogP contribution in [0.1, 0.15) is 0 Å². The minimum atomic E-state index is 1.04. The Kier molecular flexibility index (Phi) is 3.10. The lowest BCUT2D eigenvalue weighted by Crippen LogP contribution is -2.17. The van der Waals surface area contributed by atoms with Gasteiger partial charge >= 0.3 is 0 Å². The normalized spacial score (nSPS) is 18.5. The highest BCUT2D eigenvalue weighted by molar-refractivity contribution is 14.1. The van der Waals surface area contributed by atoms with Crippen molar-refractivity contribution in [3.8, 4) is 0 Å². The molecule has 0 atom stereocenters. The van der Waals surface area contributed by atoms with Crippen LogP contribution < -0.4 is 0 Å². The highest BCUT2D eigenvalue weighted by atomic mass is 127. The molecule has 1 heterocycles. The number of hydrogen-bond acceptors (Lipinski definition) is 2. The van der Waals surface area contributed by atoms with Gasteiger partial charge in [-0.2, -0.15) is 0 Å². The van der Waals surface area contributed by atoms with Crippen LogP contribution >= 0.6 is 34.4 Å². The van der Waals surface area contributed by atoms with E-state index in [1.165, 1.54) is 8.61 Å². The summed E-state index contributed by atoms with van der Waals surface area (Å²) in [7, 11) is 2.11. The third-order valence-electron chi connectivity index (χ3n) is 1.41. The van der Waals surface area contributed by atoms with Gasteiger partial charge in [0.1, 0.15) is 0 Å². The van der Waals surface area contributed by atoms with Gasteiger partial charge in [0.2, 0.25) is 0 Å². The highest BCUT2D eigenvalue weighted by Crippen LogP contribution is 2.27. The van der Waals surface area contributed by atoms with Crippen LogP contribution in [-0.2, 0) is 0 Å². The topological polar surface area (TPSA) is 3.24 Å². The van der Waals surface area contributed by atoms with Crippen molar-refractivity contribution in [1.82, 2.24) is 4.90 Å². The van der Waals surface area contributed by atoms with Gasteiger partial charge in [0.05, 0.1) is 3.70 Å². The second kappa shape index (κ2) is 3.67. The average Bonchev–Trinajstić information content (AvgIpc) is 1.95. The molecule has 0 unspecified atom stereocenters. The summed E-state index contributed by atoms with van der Waals surface area (Å²) in [4.78, 5) is 3.61. The van der Waals surface area contributed by atoms with E-state index in [2.05, 4.69) is 52.9 Å². The first-order valence-electron chi connectivity index (χ1n) is 3.07. The minimum absolute atomic E-state index is 1.04. The molecule has 1 aliphatic rings. The molecule has 0 saturated heterocycles. The van der Waals surface area contributed by atoms with Crippen molar-refractivity contribution >= 4 is 34.4 Å². The van der Waals surface area contributed by atoms with Crippen LogP contribution in [0.3, 0.4) is 0 Å². The van der Waals surface area contributed by atoms with E-state index in [1.807, 2.05) is 0 Å². The number of thioether (sulfide) groups is 1. The van der Waals surface area contributed by atoms with E-state index in [0.29, 0.717) is 0 Å². The van der Waals surface area contributed by atoms with Crippen LogP contribution in [0.2, 0.25) is 0 Å². The number of hydrogen-bond donors (Lipinski definition) is 0. The molecule has 0 fully saturated rings. The second-order valence-corrected chi connectivity index (χ2v) is 4.01. The molecule has 0 radical (unpaired) electrons. The molecule has 0 aromatic rings. The molecule has 0 aromatic heterocycles. The Balaban J connectivity index is 2.82. The molecule has 1 rings (SSSR count). The van der Waals surface area contributed by atoms with Gasteiger partial charge in [-0.05, 0) is 34.9 Å². The number of allylic oxidation sites excluding steroid dienone is 1.